The van der Waals surface area contributed by atoms with E-state index in [1.807, 2.05) is 6.07 Å². The third-order valence-electron chi connectivity index (χ3n) is 2.13. The predicted molar refractivity (Wildman–Crippen MR) is 66.1 cm³/mol. The first-order valence-corrected chi connectivity index (χ1v) is 5.15. The first-order chi connectivity index (χ1) is 8.17. The average Bonchev–Trinajstić information content (AvgIpc) is 2.36. The molecule has 1 aromatic rings. The number of anilines is 1. The Morgan fingerprint density at radius 1 is 1.59 bits per heavy atom. The van der Waals surface area contributed by atoms with E-state index in [1.165, 1.54) is 0 Å². The van der Waals surface area contributed by atoms with Gasteiger partial charge in [-0.05, 0) is 25.1 Å². The van der Waals surface area contributed by atoms with Crippen LogP contribution in [0.2, 0.25) is 0 Å². The lowest BCUT2D eigenvalue weighted by molar-refractivity contribution is -0.121. The molecule has 0 aromatic heterocycles. The van der Waals surface area contributed by atoms with E-state index in [4.69, 9.17) is 11.7 Å². The normalized spacial score (nSPS) is 10.8. The summed E-state index contributed by atoms with van der Waals surface area (Å²) >= 11 is 0. The average molecular weight is 227 g/mol. The molecule has 4 nitrogen and oxygen atoms in total. The molecule has 0 heterocycles. The van der Waals surface area contributed by atoms with Crippen molar-refractivity contribution in [2.24, 2.45) is 0 Å². The minimum absolute atomic E-state index is 0.176. The van der Waals surface area contributed by atoms with Crippen molar-refractivity contribution in [2.45, 2.75) is 13.0 Å². The highest BCUT2D eigenvalue weighted by molar-refractivity contribution is 5.84. The number of carbonyl (C=O) groups is 1. The van der Waals surface area contributed by atoms with Gasteiger partial charge >= 0.3 is 0 Å². The molecule has 0 radical (unpaired) electrons. The summed E-state index contributed by atoms with van der Waals surface area (Å²) < 4.78 is 0. The number of hydrogen-bond donors (Lipinski definition) is 2. The summed E-state index contributed by atoms with van der Waals surface area (Å²) in [7, 11) is 0. The number of terminal acetylenes is 1. The molecule has 0 spiro atoms. The van der Waals surface area contributed by atoms with Crippen LogP contribution in [0.5, 0.6) is 0 Å². The summed E-state index contributed by atoms with van der Waals surface area (Å²) in [4.78, 5) is 11.5. The highest BCUT2D eigenvalue weighted by Crippen LogP contribution is 2.10. The van der Waals surface area contributed by atoms with E-state index in [1.54, 1.807) is 31.2 Å². The summed E-state index contributed by atoms with van der Waals surface area (Å²) in [6.07, 6.45) is 5.05. The van der Waals surface area contributed by atoms with Crippen LogP contribution < -0.4 is 10.6 Å². The van der Waals surface area contributed by atoms with Gasteiger partial charge in [0.05, 0.1) is 18.2 Å². The second-order valence-electron chi connectivity index (χ2n) is 3.48. The molecule has 1 aromatic carbocycles. The summed E-state index contributed by atoms with van der Waals surface area (Å²) in [5.74, 6) is 2.16. The van der Waals surface area contributed by atoms with E-state index in [0.29, 0.717) is 5.56 Å². The van der Waals surface area contributed by atoms with Gasteiger partial charge in [-0.3, -0.25) is 4.79 Å². The molecule has 1 atom stereocenters. The van der Waals surface area contributed by atoms with Crippen LogP contribution in [0.3, 0.4) is 0 Å². The number of amides is 1. The zero-order chi connectivity index (χ0) is 12.7. The molecule has 0 bridgehead atoms. The van der Waals surface area contributed by atoms with Crippen LogP contribution in [-0.4, -0.2) is 18.5 Å². The number of hydrogen-bond acceptors (Lipinski definition) is 3. The van der Waals surface area contributed by atoms with Crippen LogP contribution in [0.15, 0.2) is 24.3 Å². The summed E-state index contributed by atoms with van der Waals surface area (Å²) in [6.45, 7) is 1.94. The van der Waals surface area contributed by atoms with Gasteiger partial charge in [0, 0.05) is 5.69 Å². The Bertz CT molecular complexity index is 482. The molecule has 0 aliphatic carbocycles. The van der Waals surface area contributed by atoms with E-state index in [-0.39, 0.29) is 12.5 Å². The minimum Gasteiger partial charge on any atom is -0.374 e. The van der Waals surface area contributed by atoms with Crippen molar-refractivity contribution in [1.82, 2.24) is 5.32 Å². The lowest BCUT2D eigenvalue weighted by Gasteiger charge is -2.14. The monoisotopic (exact) mass is 227 g/mol. The topological polar surface area (TPSA) is 64.9 Å². The molecule has 1 unspecified atom stereocenters. The van der Waals surface area contributed by atoms with Crippen molar-refractivity contribution in [3.05, 3.63) is 29.8 Å². The zero-order valence-corrected chi connectivity index (χ0v) is 9.53. The highest BCUT2D eigenvalue weighted by Gasteiger charge is 2.11. The third kappa shape index (κ3) is 3.89. The van der Waals surface area contributed by atoms with E-state index >= 15 is 0 Å². The molecule has 0 aliphatic rings. The molecule has 1 amide bonds. The number of benzene rings is 1. The fourth-order valence-electron chi connectivity index (χ4n) is 1.29. The van der Waals surface area contributed by atoms with Crippen molar-refractivity contribution in [3.63, 3.8) is 0 Å². The Hall–Kier alpha value is -2.46. The molecule has 1 rings (SSSR count). The SMILES string of the molecule is C#CCNC(=O)C(C)Nc1cccc(C#N)c1. The van der Waals surface area contributed by atoms with Crippen LogP contribution >= 0.6 is 0 Å². The fraction of sp³-hybridized carbons (Fsp3) is 0.231. The van der Waals surface area contributed by atoms with Gasteiger partial charge in [-0.1, -0.05) is 12.0 Å². The summed E-state index contributed by atoms with van der Waals surface area (Å²) in [5.41, 5.74) is 1.28. The lowest BCUT2D eigenvalue weighted by Crippen LogP contribution is -2.37. The molecule has 0 saturated heterocycles. The molecule has 0 fully saturated rings. The van der Waals surface area contributed by atoms with Gasteiger partial charge in [0.1, 0.15) is 6.04 Å². The van der Waals surface area contributed by atoms with Gasteiger partial charge in [-0.2, -0.15) is 5.26 Å². The molecular formula is C13H13N3O. The van der Waals surface area contributed by atoms with E-state index in [0.717, 1.165) is 5.69 Å². The van der Waals surface area contributed by atoms with E-state index in [9.17, 15) is 4.79 Å². The Labute approximate surface area is 101 Å². The second-order valence-corrected chi connectivity index (χ2v) is 3.48. The molecular weight excluding hydrogens is 214 g/mol. The van der Waals surface area contributed by atoms with Crippen molar-refractivity contribution in [2.75, 3.05) is 11.9 Å². The van der Waals surface area contributed by atoms with Crippen molar-refractivity contribution >= 4 is 11.6 Å². The highest BCUT2D eigenvalue weighted by atomic mass is 16.2. The maximum atomic E-state index is 11.5. The number of carbonyl (C=O) groups excluding carboxylic acids is 1. The number of rotatable bonds is 4. The molecule has 2 N–H and O–H groups in total. The van der Waals surface area contributed by atoms with E-state index in [2.05, 4.69) is 16.6 Å². The smallest absolute Gasteiger partial charge is 0.242 e. The lowest BCUT2D eigenvalue weighted by atomic mass is 10.2. The first-order valence-electron chi connectivity index (χ1n) is 5.15. The van der Waals surface area contributed by atoms with Gasteiger partial charge in [0.25, 0.3) is 0 Å². The van der Waals surface area contributed by atoms with Crippen molar-refractivity contribution < 1.29 is 4.79 Å². The predicted octanol–water partition coefficient (Wildman–Crippen LogP) is 1.11. The van der Waals surface area contributed by atoms with Crippen LogP contribution in [0, 0.1) is 23.7 Å². The first kappa shape index (κ1) is 12.6. The summed E-state index contributed by atoms with van der Waals surface area (Å²) in [5, 5.41) is 14.3. The minimum atomic E-state index is -0.405. The Kier molecular flexibility index (Phi) is 4.59. The maximum absolute atomic E-state index is 11.5. The molecule has 17 heavy (non-hydrogen) atoms. The van der Waals surface area contributed by atoms with Crippen LogP contribution in [-0.2, 0) is 4.79 Å². The van der Waals surface area contributed by atoms with Gasteiger partial charge in [-0.15, -0.1) is 6.42 Å². The molecule has 0 aliphatic heterocycles. The number of nitrogens with one attached hydrogen (secondary N) is 2. The maximum Gasteiger partial charge on any atom is 0.242 e. The molecule has 4 heteroatoms. The Balaban J connectivity index is 2.62. The van der Waals surface area contributed by atoms with Gasteiger partial charge < -0.3 is 10.6 Å². The van der Waals surface area contributed by atoms with Crippen LogP contribution in [0.25, 0.3) is 0 Å². The largest absolute Gasteiger partial charge is 0.374 e. The van der Waals surface area contributed by atoms with Crippen LogP contribution in [0.4, 0.5) is 5.69 Å². The van der Waals surface area contributed by atoms with Crippen molar-refractivity contribution in [3.8, 4) is 18.4 Å². The Morgan fingerprint density at radius 2 is 2.35 bits per heavy atom. The Morgan fingerprint density at radius 3 is 3.00 bits per heavy atom. The molecule has 86 valence electrons. The summed E-state index contributed by atoms with van der Waals surface area (Å²) in [6, 6.07) is 8.57. The second kappa shape index (κ2) is 6.19. The third-order valence-corrected chi connectivity index (χ3v) is 2.13. The molecule has 0 saturated carbocycles. The zero-order valence-electron chi connectivity index (χ0n) is 9.53. The number of nitrogens with zero attached hydrogens (tertiary/aromatic N) is 1. The number of nitriles is 1. The van der Waals surface area contributed by atoms with Gasteiger partial charge in [0.15, 0.2) is 0 Å². The fourth-order valence-corrected chi connectivity index (χ4v) is 1.29. The van der Waals surface area contributed by atoms with Crippen molar-refractivity contribution in [1.29, 1.82) is 5.26 Å². The van der Waals surface area contributed by atoms with Crippen LogP contribution in [0.1, 0.15) is 12.5 Å². The van der Waals surface area contributed by atoms with Gasteiger partial charge in [-0.25, -0.2) is 0 Å². The van der Waals surface area contributed by atoms with E-state index < -0.39 is 6.04 Å². The standard InChI is InChI=1S/C13H13N3O/c1-3-7-15-13(17)10(2)16-12-6-4-5-11(8-12)9-14/h1,4-6,8,10,16H,7H2,2H3,(H,15,17). The quantitative estimate of drug-likeness (QED) is 0.757. The van der Waals surface area contributed by atoms with Gasteiger partial charge in [0.2, 0.25) is 5.91 Å².